The molecule has 0 bridgehead atoms. The summed E-state index contributed by atoms with van der Waals surface area (Å²) >= 11 is 0. The van der Waals surface area contributed by atoms with Gasteiger partial charge in [0.2, 0.25) is 5.91 Å². The molecule has 2 fully saturated rings. The Morgan fingerprint density at radius 1 is 0.963 bits per heavy atom. The van der Waals surface area contributed by atoms with Gasteiger partial charge in [-0.3, -0.25) is 14.9 Å². The van der Waals surface area contributed by atoms with E-state index in [2.05, 4.69) is 10.2 Å². The molecule has 2 atom stereocenters. The van der Waals surface area contributed by atoms with Gasteiger partial charge in [-0.15, -0.1) is 0 Å². The number of imide groups is 2. The van der Waals surface area contributed by atoms with Crippen LogP contribution in [0.25, 0.3) is 0 Å². The van der Waals surface area contributed by atoms with Gasteiger partial charge in [0, 0.05) is 12.2 Å². The predicted molar refractivity (Wildman–Crippen MR) is 100 cm³/mol. The fourth-order valence-corrected chi connectivity index (χ4v) is 4.84. The molecule has 0 radical (unpaired) electrons. The summed E-state index contributed by atoms with van der Waals surface area (Å²) in [5.41, 5.74) is 1.26. The van der Waals surface area contributed by atoms with E-state index in [1.807, 2.05) is 30.3 Å². The summed E-state index contributed by atoms with van der Waals surface area (Å²) < 4.78 is 0. The second kappa shape index (κ2) is 5.67. The standard InChI is InChI=1S/C21H19N3O3/c25-18-21(19(26)24(20(27)22-18)15-8-2-1-3-9-15)13-14-7-4-5-10-16(14)23-12-6-11-17(21)23/h1-5,7-10,17H,6,11-13H2,(H,22,25,27)/t17-,21+/m0/s1. The van der Waals surface area contributed by atoms with Crippen molar-refractivity contribution in [1.29, 1.82) is 0 Å². The van der Waals surface area contributed by atoms with Crippen LogP contribution < -0.4 is 15.1 Å². The Labute approximate surface area is 156 Å². The number of para-hydroxylation sites is 2. The molecule has 1 N–H and O–H groups in total. The van der Waals surface area contributed by atoms with Crippen LogP contribution in [0.2, 0.25) is 0 Å². The van der Waals surface area contributed by atoms with Gasteiger partial charge in [0.25, 0.3) is 5.91 Å². The van der Waals surface area contributed by atoms with Gasteiger partial charge < -0.3 is 4.90 Å². The molecule has 2 saturated heterocycles. The summed E-state index contributed by atoms with van der Waals surface area (Å²) in [5, 5.41) is 2.46. The van der Waals surface area contributed by atoms with Crippen LogP contribution in [-0.4, -0.2) is 30.4 Å². The largest absolute Gasteiger partial charge is 0.367 e. The van der Waals surface area contributed by atoms with Crippen LogP contribution in [0.3, 0.4) is 0 Å². The monoisotopic (exact) mass is 361 g/mol. The molecule has 5 rings (SSSR count). The number of hydrogen-bond donors (Lipinski definition) is 1. The molecular weight excluding hydrogens is 342 g/mol. The van der Waals surface area contributed by atoms with Crippen molar-refractivity contribution < 1.29 is 14.4 Å². The van der Waals surface area contributed by atoms with Crippen LogP contribution in [-0.2, 0) is 16.0 Å². The van der Waals surface area contributed by atoms with Crippen molar-refractivity contribution in [1.82, 2.24) is 5.32 Å². The Hall–Kier alpha value is -3.15. The number of carbonyl (C=O) groups excluding carboxylic acids is 3. The van der Waals surface area contributed by atoms with Crippen LogP contribution in [0.4, 0.5) is 16.2 Å². The van der Waals surface area contributed by atoms with Crippen LogP contribution >= 0.6 is 0 Å². The summed E-state index contributed by atoms with van der Waals surface area (Å²) in [6, 6.07) is 15.8. The Kier molecular flexibility index (Phi) is 3.37. The zero-order valence-electron chi connectivity index (χ0n) is 14.7. The van der Waals surface area contributed by atoms with Crippen molar-refractivity contribution in [3.63, 3.8) is 0 Å². The van der Waals surface area contributed by atoms with Crippen molar-refractivity contribution in [3.05, 3.63) is 60.2 Å². The van der Waals surface area contributed by atoms with Crippen molar-refractivity contribution in [2.45, 2.75) is 25.3 Å². The van der Waals surface area contributed by atoms with Gasteiger partial charge in [0.15, 0.2) is 5.41 Å². The number of anilines is 2. The maximum atomic E-state index is 13.7. The Balaban J connectivity index is 1.67. The van der Waals surface area contributed by atoms with Gasteiger partial charge >= 0.3 is 6.03 Å². The third kappa shape index (κ3) is 2.10. The Bertz CT molecular complexity index is 958. The molecule has 0 aliphatic carbocycles. The fourth-order valence-electron chi connectivity index (χ4n) is 4.84. The molecule has 3 aliphatic heterocycles. The number of hydrogen-bond acceptors (Lipinski definition) is 4. The lowest BCUT2D eigenvalue weighted by atomic mass is 9.68. The molecule has 4 amide bonds. The average Bonchev–Trinajstić information content (AvgIpc) is 3.18. The Morgan fingerprint density at radius 2 is 1.70 bits per heavy atom. The Morgan fingerprint density at radius 3 is 2.52 bits per heavy atom. The third-order valence-electron chi connectivity index (χ3n) is 6.02. The van der Waals surface area contributed by atoms with E-state index in [9.17, 15) is 14.4 Å². The number of urea groups is 1. The lowest BCUT2D eigenvalue weighted by Crippen LogP contribution is -2.71. The van der Waals surface area contributed by atoms with Gasteiger partial charge in [-0.1, -0.05) is 36.4 Å². The molecule has 0 saturated carbocycles. The molecule has 2 aromatic rings. The molecule has 3 aliphatic rings. The van der Waals surface area contributed by atoms with Gasteiger partial charge in [-0.2, -0.15) is 0 Å². The maximum Gasteiger partial charge on any atom is 0.335 e. The van der Waals surface area contributed by atoms with Gasteiger partial charge in [-0.05, 0) is 43.0 Å². The number of benzene rings is 2. The molecule has 0 aromatic heterocycles. The lowest BCUT2D eigenvalue weighted by Gasteiger charge is -2.49. The number of nitrogens with one attached hydrogen (secondary N) is 1. The van der Waals surface area contributed by atoms with Gasteiger partial charge in [0.05, 0.1) is 11.7 Å². The first kappa shape index (κ1) is 16.1. The minimum atomic E-state index is -1.28. The zero-order chi connectivity index (χ0) is 18.6. The number of carbonyl (C=O) groups is 3. The predicted octanol–water partition coefficient (Wildman–Crippen LogP) is 2.48. The summed E-state index contributed by atoms with van der Waals surface area (Å²) in [7, 11) is 0. The van der Waals surface area contributed by atoms with E-state index in [0.29, 0.717) is 12.1 Å². The van der Waals surface area contributed by atoms with E-state index >= 15 is 0 Å². The van der Waals surface area contributed by atoms with Gasteiger partial charge in [-0.25, -0.2) is 9.69 Å². The van der Waals surface area contributed by atoms with Crippen LogP contribution in [0, 0.1) is 5.41 Å². The molecule has 6 nitrogen and oxygen atoms in total. The van der Waals surface area contributed by atoms with E-state index in [0.717, 1.165) is 35.5 Å². The highest BCUT2D eigenvalue weighted by molar-refractivity contribution is 6.30. The average molecular weight is 361 g/mol. The molecule has 136 valence electrons. The number of nitrogens with zero attached hydrogens (tertiary/aromatic N) is 2. The highest BCUT2D eigenvalue weighted by atomic mass is 16.2. The van der Waals surface area contributed by atoms with E-state index < -0.39 is 23.3 Å². The zero-order valence-corrected chi connectivity index (χ0v) is 14.7. The van der Waals surface area contributed by atoms with E-state index in [4.69, 9.17) is 0 Å². The molecule has 6 heteroatoms. The highest BCUT2D eigenvalue weighted by Crippen LogP contribution is 2.48. The summed E-state index contributed by atoms with van der Waals surface area (Å²) in [6.45, 7) is 0.809. The fraction of sp³-hybridized carbons (Fsp3) is 0.286. The topological polar surface area (TPSA) is 69.7 Å². The SMILES string of the molecule is O=C1NC(=O)[C@]2(Cc3ccccc3N3CCC[C@H]32)C(=O)N1c1ccccc1. The van der Waals surface area contributed by atoms with E-state index in [1.54, 1.807) is 24.3 Å². The first-order chi connectivity index (χ1) is 13.1. The second-order valence-corrected chi connectivity index (χ2v) is 7.36. The summed E-state index contributed by atoms with van der Waals surface area (Å²) in [6.07, 6.45) is 1.98. The smallest absolute Gasteiger partial charge is 0.335 e. The van der Waals surface area contributed by atoms with Crippen LogP contribution in [0.15, 0.2) is 54.6 Å². The minimum Gasteiger partial charge on any atom is -0.367 e. The molecule has 2 aromatic carbocycles. The number of amides is 4. The van der Waals surface area contributed by atoms with E-state index in [-0.39, 0.29) is 6.04 Å². The number of barbiturate groups is 1. The summed E-state index contributed by atoms with van der Waals surface area (Å²) in [4.78, 5) is 42.7. The molecular formula is C21H19N3O3. The molecule has 1 spiro atoms. The van der Waals surface area contributed by atoms with Crippen LogP contribution in [0.1, 0.15) is 18.4 Å². The van der Waals surface area contributed by atoms with Crippen molar-refractivity contribution in [2.24, 2.45) is 5.41 Å². The minimum absolute atomic E-state index is 0.237. The van der Waals surface area contributed by atoms with Gasteiger partial charge in [0.1, 0.15) is 0 Å². The maximum absolute atomic E-state index is 13.7. The number of rotatable bonds is 1. The third-order valence-corrected chi connectivity index (χ3v) is 6.02. The normalized spacial score (nSPS) is 26.8. The first-order valence-corrected chi connectivity index (χ1v) is 9.22. The van der Waals surface area contributed by atoms with Crippen LogP contribution in [0.5, 0.6) is 0 Å². The lowest BCUT2D eigenvalue weighted by molar-refractivity contribution is -0.144. The summed E-state index contributed by atoms with van der Waals surface area (Å²) in [5.74, 6) is -0.898. The van der Waals surface area contributed by atoms with Crippen molar-refractivity contribution >= 4 is 29.2 Å². The second-order valence-electron chi connectivity index (χ2n) is 7.36. The van der Waals surface area contributed by atoms with Crippen molar-refractivity contribution in [2.75, 3.05) is 16.3 Å². The highest BCUT2D eigenvalue weighted by Gasteiger charge is 2.62. The molecule has 0 unspecified atom stereocenters. The van der Waals surface area contributed by atoms with E-state index in [1.165, 1.54) is 0 Å². The number of fused-ring (bicyclic) bond motifs is 4. The molecule has 27 heavy (non-hydrogen) atoms. The molecule has 3 heterocycles. The van der Waals surface area contributed by atoms with Crippen molar-refractivity contribution in [3.8, 4) is 0 Å². The quantitative estimate of drug-likeness (QED) is 0.793. The first-order valence-electron chi connectivity index (χ1n) is 9.22.